The number of hydrogen-bond acceptors (Lipinski definition) is 2. The minimum Gasteiger partial charge on any atom is -0.321 e. The molecule has 4 nitrogen and oxygen atoms in total. The van der Waals surface area contributed by atoms with Gasteiger partial charge in [0, 0.05) is 22.1 Å². The molecule has 32 heavy (non-hydrogen) atoms. The lowest BCUT2D eigenvalue weighted by Crippen LogP contribution is -2.13. The van der Waals surface area contributed by atoms with Crippen LogP contribution in [0, 0.1) is 25.2 Å². The first-order valence-corrected chi connectivity index (χ1v) is 10.0. The highest BCUT2D eigenvalue weighted by molar-refractivity contribution is 6.32. The van der Waals surface area contributed by atoms with Gasteiger partial charge in [0.15, 0.2) is 0 Å². The number of aromatic nitrogens is 1. The predicted molar refractivity (Wildman–Crippen MR) is 119 cm³/mol. The molecule has 0 aliphatic rings. The van der Waals surface area contributed by atoms with Crippen LogP contribution >= 0.6 is 23.2 Å². The molecule has 0 saturated heterocycles. The Morgan fingerprint density at radius 1 is 1.12 bits per heavy atom. The highest BCUT2D eigenvalue weighted by atomic mass is 35.5. The zero-order valence-electron chi connectivity index (χ0n) is 16.9. The molecule has 0 bridgehead atoms. The van der Waals surface area contributed by atoms with Gasteiger partial charge in [-0.3, -0.25) is 4.79 Å². The summed E-state index contributed by atoms with van der Waals surface area (Å²) >= 11 is 12.1. The van der Waals surface area contributed by atoms with Crippen molar-refractivity contribution in [2.24, 2.45) is 0 Å². The number of benzene rings is 2. The molecule has 1 N–H and O–H groups in total. The van der Waals surface area contributed by atoms with Crippen molar-refractivity contribution in [1.29, 1.82) is 5.26 Å². The van der Waals surface area contributed by atoms with E-state index in [1.54, 1.807) is 42.7 Å². The predicted octanol–water partition coefficient (Wildman–Crippen LogP) is 6.97. The zero-order valence-corrected chi connectivity index (χ0v) is 18.4. The third kappa shape index (κ3) is 4.98. The maximum atomic E-state index is 13.2. The van der Waals surface area contributed by atoms with E-state index in [9.17, 15) is 23.2 Å². The third-order valence-electron chi connectivity index (χ3n) is 4.73. The monoisotopic (exact) mass is 477 g/mol. The number of hydrogen-bond donors (Lipinski definition) is 1. The van der Waals surface area contributed by atoms with Crippen LogP contribution < -0.4 is 5.32 Å². The lowest BCUT2D eigenvalue weighted by atomic mass is 10.1. The van der Waals surface area contributed by atoms with Gasteiger partial charge in [-0.2, -0.15) is 18.4 Å². The average Bonchev–Trinajstić information content (AvgIpc) is 2.98. The average molecular weight is 478 g/mol. The SMILES string of the molecule is Cc1cc(/C=C(/C#N)C(=O)Nc2cccc(Cl)c2)c(C)n1-c1cc(C(F)(F)F)ccc1Cl. The number of halogens is 5. The molecule has 0 unspecified atom stereocenters. The number of rotatable bonds is 4. The molecule has 1 aromatic heterocycles. The van der Waals surface area contributed by atoms with E-state index in [2.05, 4.69) is 5.32 Å². The number of carbonyl (C=O) groups excluding carboxylic acids is 1. The van der Waals surface area contributed by atoms with Gasteiger partial charge in [-0.15, -0.1) is 0 Å². The number of alkyl halides is 3. The van der Waals surface area contributed by atoms with E-state index < -0.39 is 17.6 Å². The van der Waals surface area contributed by atoms with Crippen molar-refractivity contribution < 1.29 is 18.0 Å². The number of nitriles is 1. The van der Waals surface area contributed by atoms with E-state index in [1.165, 1.54) is 18.2 Å². The zero-order chi connectivity index (χ0) is 23.6. The second-order valence-corrected chi connectivity index (χ2v) is 7.80. The molecule has 0 aliphatic carbocycles. The van der Waals surface area contributed by atoms with Gasteiger partial charge in [0.2, 0.25) is 0 Å². The number of anilines is 1. The van der Waals surface area contributed by atoms with Crippen molar-refractivity contribution in [2.75, 3.05) is 5.32 Å². The normalized spacial score (nSPS) is 11.9. The summed E-state index contributed by atoms with van der Waals surface area (Å²) in [5.41, 5.74) is 1.16. The molecule has 1 amide bonds. The van der Waals surface area contributed by atoms with Crippen LogP contribution in [0.5, 0.6) is 0 Å². The van der Waals surface area contributed by atoms with Crippen LogP contribution in [0.25, 0.3) is 11.8 Å². The topological polar surface area (TPSA) is 57.8 Å². The van der Waals surface area contributed by atoms with E-state index in [0.717, 1.165) is 12.1 Å². The molecule has 0 fully saturated rings. The van der Waals surface area contributed by atoms with Gasteiger partial charge < -0.3 is 9.88 Å². The van der Waals surface area contributed by atoms with Crippen molar-refractivity contribution >= 4 is 40.9 Å². The summed E-state index contributed by atoms with van der Waals surface area (Å²) in [5, 5.41) is 12.6. The number of aryl methyl sites for hydroxylation is 1. The molecule has 3 aromatic rings. The maximum absolute atomic E-state index is 13.2. The maximum Gasteiger partial charge on any atom is 0.416 e. The highest BCUT2D eigenvalue weighted by Gasteiger charge is 2.31. The second kappa shape index (κ2) is 9.11. The molecule has 164 valence electrons. The number of nitrogens with zero attached hydrogens (tertiary/aromatic N) is 2. The van der Waals surface area contributed by atoms with Crippen molar-refractivity contribution in [1.82, 2.24) is 4.57 Å². The molecular formula is C23H16Cl2F3N3O. The number of nitrogens with one attached hydrogen (secondary N) is 1. The third-order valence-corrected chi connectivity index (χ3v) is 5.29. The van der Waals surface area contributed by atoms with Gasteiger partial charge in [-0.05, 0) is 68.0 Å². The van der Waals surface area contributed by atoms with Gasteiger partial charge in [0.1, 0.15) is 11.6 Å². The second-order valence-electron chi connectivity index (χ2n) is 6.96. The van der Waals surface area contributed by atoms with E-state index in [4.69, 9.17) is 23.2 Å². The Labute approximate surface area is 192 Å². The van der Waals surface area contributed by atoms with E-state index in [1.807, 2.05) is 6.07 Å². The van der Waals surface area contributed by atoms with E-state index in [0.29, 0.717) is 27.7 Å². The molecule has 1 heterocycles. The minimum absolute atomic E-state index is 0.134. The lowest BCUT2D eigenvalue weighted by molar-refractivity contribution is -0.137. The summed E-state index contributed by atoms with van der Waals surface area (Å²) in [6, 6.07) is 13.0. The van der Waals surface area contributed by atoms with Crippen LogP contribution in [0.15, 0.2) is 54.1 Å². The Kier molecular flexibility index (Phi) is 6.68. The van der Waals surface area contributed by atoms with Crippen LogP contribution in [-0.2, 0) is 11.0 Å². The first kappa shape index (κ1) is 23.5. The fourth-order valence-corrected chi connectivity index (χ4v) is 3.63. The van der Waals surface area contributed by atoms with Gasteiger partial charge >= 0.3 is 6.18 Å². The highest BCUT2D eigenvalue weighted by Crippen LogP contribution is 2.35. The molecule has 2 aromatic carbocycles. The molecule has 3 rings (SSSR count). The first-order valence-electron chi connectivity index (χ1n) is 9.26. The molecule has 0 aliphatic heterocycles. The summed E-state index contributed by atoms with van der Waals surface area (Å²) in [7, 11) is 0. The fraction of sp³-hybridized carbons (Fsp3) is 0.130. The molecular weight excluding hydrogens is 462 g/mol. The summed E-state index contributed by atoms with van der Waals surface area (Å²) < 4.78 is 41.1. The molecule has 0 spiro atoms. The van der Waals surface area contributed by atoms with Crippen molar-refractivity contribution in [3.05, 3.63) is 86.7 Å². The van der Waals surface area contributed by atoms with Gasteiger partial charge in [-0.25, -0.2) is 0 Å². The van der Waals surface area contributed by atoms with Crippen LogP contribution in [0.1, 0.15) is 22.5 Å². The molecule has 0 saturated carbocycles. The van der Waals surface area contributed by atoms with Crippen molar-refractivity contribution in [3.63, 3.8) is 0 Å². The Balaban J connectivity index is 2.01. The Hall–Kier alpha value is -3.21. The fourth-order valence-electron chi connectivity index (χ4n) is 3.23. The first-order chi connectivity index (χ1) is 15.0. The van der Waals surface area contributed by atoms with E-state index >= 15 is 0 Å². The summed E-state index contributed by atoms with van der Waals surface area (Å²) in [6.45, 7) is 3.36. The van der Waals surface area contributed by atoms with Crippen molar-refractivity contribution in [2.45, 2.75) is 20.0 Å². The number of carbonyl (C=O) groups is 1. The van der Waals surface area contributed by atoms with Gasteiger partial charge in [-0.1, -0.05) is 29.3 Å². The standard InChI is InChI=1S/C23H16Cl2F3N3O/c1-13-8-15(9-16(12-29)22(32)30-19-5-3-4-18(24)11-19)14(2)31(13)21-10-17(23(26,27)28)6-7-20(21)25/h3-11H,1-2H3,(H,30,32)/b16-9-. The molecule has 0 radical (unpaired) electrons. The van der Waals surface area contributed by atoms with Crippen LogP contribution in [-0.4, -0.2) is 10.5 Å². The molecule has 0 atom stereocenters. The van der Waals surface area contributed by atoms with Crippen LogP contribution in [0.2, 0.25) is 10.0 Å². The van der Waals surface area contributed by atoms with Crippen LogP contribution in [0.4, 0.5) is 18.9 Å². The summed E-state index contributed by atoms with van der Waals surface area (Å²) in [6.07, 6.45) is -3.15. The smallest absolute Gasteiger partial charge is 0.321 e. The van der Waals surface area contributed by atoms with E-state index in [-0.39, 0.29) is 16.3 Å². The summed E-state index contributed by atoms with van der Waals surface area (Å²) in [5.74, 6) is -0.642. The Morgan fingerprint density at radius 3 is 2.47 bits per heavy atom. The lowest BCUT2D eigenvalue weighted by Gasteiger charge is -2.15. The largest absolute Gasteiger partial charge is 0.416 e. The van der Waals surface area contributed by atoms with Gasteiger partial charge in [0.25, 0.3) is 5.91 Å². The summed E-state index contributed by atoms with van der Waals surface area (Å²) in [4.78, 5) is 12.5. The Bertz CT molecular complexity index is 1270. The van der Waals surface area contributed by atoms with Crippen molar-refractivity contribution in [3.8, 4) is 11.8 Å². The van der Waals surface area contributed by atoms with Gasteiger partial charge in [0.05, 0.1) is 16.3 Å². The quantitative estimate of drug-likeness (QED) is 0.325. The Morgan fingerprint density at radius 2 is 1.84 bits per heavy atom. The number of amides is 1. The van der Waals surface area contributed by atoms with Crippen LogP contribution in [0.3, 0.4) is 0 Å². The molecule has 9 heteroatoms. The minimum atomic E-state index is -4.52.